The fourth-order valence-electron chi connectivity index (χ4n) is 1.40. The maximum atomic E-state index is 11.0. The van der Waals surface area contributed by atoms with Crippen LogP contribution in [0.3, 0.4) is 0 Å². The van der Waals surface area contributed by atoms with Crippen LogP contribution in [0, 0.1) is 6.92 Å². The molecule has 1 aromatic heterocycles. The lowest BCUT2D eigenvalue weighted by Crippen LogP contribution is -2.11. The van der Waals surface area contributed by atoms with Gasteiger partial charge >= 0.3 is 0 Å². The third-order valence-electron chi connectivity index (χ3n) is 2.12. The Hall–Kier alpha value is -2.10. The first-order chi connectivity index (χ1) is 7.16. The highest BCUT2D eigenvalue weighted by Gasteiger charge is 1.99. The predicted molar refractivity (Wildman–Crippen MR) is 59.0 cm³/mol. The Morgan fingerprint density at radius 3 is 2.53 bits per heavy atom. The molecule has 2 aromatic rings. The van der Waals surface area contributed by atoms with Crippen LogP contribution in [0.5, 0.6) is 0 Å². The van der Waals surface area contributed by atoms with Crippen molar-refractivity contribution in [3.05, 3.63) is 52.4 Å². The van der Waals surface area contributed by atoms with Gasteiger partial charge < -0.3 is 5.73 Å². The summed E-state index contributed by atoms with van der Waals surface area (Å²) in [5.74, 6) is 0. The quantitative estimate of drug-likeness (QED) is 0.703. The van der Waals surface area contributed by atoms with Crippen LogP contribution in [0.1, 0.15) is 5.69 Å². The van der Waals surface area contributed by atoms with Gasteiger partial charge in [0.15, 0.2) is 5.43 Å². The van der Waals surface area contributed by atoms with Gasteiger partial charge in [-0.15, -0.1) is 0 Å². The van der Waals surface area contributed by atoms with Crippen molar-refractivity contribution in [1.82, 2.24) is 9.78 Å². The van der Waals surface area contributed by atoms with Crippen molar-refractivity contribution in [2.75, 3.05) is 5.73 Å². The van der Waals surface area contributed by atoms with Gasteiger partial charge in [-0.25, -0.2) is 4.68 Å². The minimum absolute atomic E-state index is 0.0841. The van der Waals surface area contributed by atoms with Crippen LogP contribution >= 0.6 is 0 Å². The molecule has 0 aliphatic heterocycles. The lowest BCUT2D eigenvalue weighted by molar-refractivity contribution is 0.799. The van der Waals surface area contributed by atoms with Crippen LogP contribution in [-0.2, 0) is 0 Å². The molecule has 2 N–H and O–H groups in total. The lowest BCUT2D eigenvalue weighted by atomic mass is 10.3. The van der Waals surface area contributed by atoms with E-state index in [1.54, 1.807) is 22.9 Å². The number of aromatic nitrogens is 2. The molecular formula is C11H11N3O. The predicted octanol–water partition coefficient (Wildman–Crippen LogP) is 1.12. The van der Waals surface area contributed by atoms with Gasteiger partial charge in [0.2, 0.25) is 0 Å². The Kier molecular flexibility index (Phi) is 2.25. The monoisotopic (exact) mass is 201 g/mol. The highest BCUT2D eigenvalue weighted by Crippen LogP contribution is 2.10. The van der Waals surface area contributed by atoms with Crippen molar-refractivity contribution in [2.45, 2.75) is 6.92 Å². The van der Waals surface area contributed by atoms with E-state index in [4.69, 9.17) is 5.73 Å². The number of rotatable bonds is 1. The van der Waals surface area contributed by atoms with E-state index in [9.17, 15) is 4.79 Å². The molecule has 0 unspecified atom stereocenters. The first-order valence-corrected chi connectivity index (χ1v) is 4.59. The van der Waals surface area contributed by atoms with E-state index in [-0.39, 0.29) is 5.43 Å². The minimum Gasteiger partial charge on any atom is -0.399 e. The van der Waals surface area contributed by atoms with E-state index < -0.39 is 0 Å². The smallest absolute Gasteiger partial charge is 0.200 e. The molecular weight excluding hydrogens is 190 g/mol. The lowest BCUT2D eigenvalue weighted by Gasteiger charge is -2.08. The maximum absolute atomic E-state index is 11.0. The molecule has 0 radical (unpaired) electrons. The first kappa shape index (κ1) is 9.45. The van der Waals surface area contributed by atoms with Gasteiger partial charge in [-0.05, 0) is 31.2 Å². The molecule has 0 fully saturated rings. The average Bonchev–Trinajstić information content (AvgIpc) is 2.20. The number of anilines is 1. The number of hydrogen-bond donors (Lipinski definition) is 1. The Bertz CT molecular complexity index is 528. The number of benzene rings is 1. The number of hydrogen-bond acceptors (Lipinski definition) is 3. The standard InChI is InChI=1S/C11H11N3O/c1-8-6-11(15)7-13-14(8)10-4-2-9(12)3-5-10/h2-7H,12H2,1H3. The summed E-state index contributed by atoms with van der Waals surface area (Å²) >= 11 is 0. The molecule has 0 bridgehead atoms. The highest BCUT2D eigenvalue weighted by atomic mass is 16.1. The molecule has 0 saturated carbocycles. The van der Waals surface area contributed by atoms with Crippen molar-refractivity contribution in [2.24, 2.45) is 0 Å². The van der Waals surface area contributed by atoms with Gasteiger partial charge in [0.1, 0.15) is 0 Å². The van der Waals surface area contributed by atoms with E-state index in [0.717, 1.165) is 11.4 Å². The molecule has 4 heteroatoms. The van der Waals surface area contributed by atoms with Crippen LogP contribution in [0.15, 0.2) is 41.3 Å². The van der Waals surface area contributed by atoms with Gasteiger partial charge in [0, 0.05) is 17.4 Å². The summed E-state index contributed by atoms with van der Waals surface area (Å²) in [7, 11) is 0. The van der Waals surface area contributed by atoms with Gasteiger partial charge in [-0.2, -0.15) is 5.10 Å². The summed E-state index contributed by atoms with van der Waals surface area (Å²) in [6.07, 6.45) is 1.29. The third kappa shape index (κ3) is 1.88. The zero-order chi connectivity index (χ0) is 10.8. The fraction of sp³-hybridized carbons (Fsp3) is 0.0909. The van der Waals surface area contributed by atoms with E-state index in [1.165, 1.54) is 6.20 Å². The second-order valence-corrected chi connectivity index (χ2v) is 3.34. The number of aryl methyl sites for hydroxylation is 1. The molecule has 0 spiro atoms. The zero-order valence-corrected chi connectivity index (χ0v) is 8.34. The Labute approximate surface area is 87.0 Å². The summed E-state index contributed by atoms with van der Waals surface area (Å²) in [6, 6.07) is 8.87. The molecule has 0 saturated heterocycles. The summed E-state index contributed by atoms with van der Waals surface area (Å²) < 4.78 is 1.70. The maximum Gasteiger partial charge on any atom is 0.200 e. The average molecular weight is 201 g/mol. The number of nitrogens with zero attached hydrogens (tertiary/aromatic N) is 2. The van der Waals surface area contributed by atoms with Crippen LogP contribution in [0.4, 0.5) is 5.69 Å². The third-order valence-corrected chi connectivity index (χ3v) is 2.12. The fourth-order valence-corrected chi connectivity index (χ4v) is 1.40. The Balaban J connectivity index is 2.54. The van der Waals surface area contributed by atoms with Crippen molar-refractivity contribution in [3.63, 3.8) is 0 Å². The second kappa shape index (κ2) is 3.57. The molecule has 4 nitrogen and oxygen atoms in total. The van der Waals surface area contributed by atoms with E-state index in [2.05, 4.69) is 5.10 Å². The van der Waals surface area contributed by atoms with Crippen LogP contribution < -0.4 is 11.2 Å². The molecule has 2 rings (SSSR count). The molecule has 0 amide bonds. The second-order valence-electron chi connectivity index (χ2n) is 3.34. The highest BCUT2D eigenvalue weighted by molar-refractivity contribution is 5.44. The summed E-state index contributed by atoms with van der Waals surface area (Å²) in [6.45, 7) is 1.84. The number of nitrogens with two attached hydrogens (primary N) is 1. The number of nitrogen functional groups attached to an aromatic ring is 1. The van der Waals surface area contributed by atoms with Gasteiger partial charge in [-0.3, -0.25) is 4.79 Å². The van der Waals surface area contributed by atoms with Gasteiger partial charge in [0.05, 0.1) is 11.9 Å². The normalized spacial score (nSPS) is 10.2. The molecule has 1 heterocycles. The van der Waals surface area contributed by atoms with Crippen LogP contribution in [-0.4, -0.2) is 9.78 Å². The molecule has 1 aromatic carbocycles. The largest absolute Gasteiger partial charge is 0.399 e. The minimum atomic E-state index is -0.0841. The summed E-state index contributed by atoms with van der Waals surface area (Å²) in [4.78, 5) is 11.0. The summed E-state index contributed by atoms with van der Waals surface area (Å²) in [5.41, 5.74) is 7.90. The summed E-state index contributed by atoms with van der Waals surface area (Å²) in [5, 5.41) is 4.04. The molecule has 15 heavy (non-hydrogen) atoms. The van der Waals surface area contributed by atoms with Crippen molar-refractivity contribution in [1.29, 1.82) is 0 Å². The Morgan fingerprint density at radius 1 is 1.27 bits per heavy atom. The Morgan fingerprint density at radius 2 is 1.93 bits per heavy atom. The molecule has 0 aliphatic rings. The zero-order valence-electron chi connectivity index (χ0n) is 8.34. The van der Waals surface area contributed by atoms with Crippen molar-refractivity contribution < 1.29 is 0 Å². The van der Waals surface area contributed by atoms with Crippen LogP contribution in [0.25, 0.3) is 5.69 Å². The van der Waals surface area contributed by atoms with Crippen molar-refractivity contribution in [3.8, 4) is 5.69 Å². The molecule has 76 valence electrons. The molecule has 0 atom stereocenters. The van der Waals surface area contributed by atoms with Gasteiger partial charge in [-0.1, -0.05) is 0 Å². The van der Waals surface area contributed by atoms with E-state index >= 15 is 0 Å². The first-order valence-electron chi connectivity index (χ1n) is 4.59. The molecule has 0 aliphatic carbocycles. The van der Waals surface area contributed by atoms with Crippen LogP contribution in [0.2, 0.25) is 0 Å². The SMILES string of the molecule is Cc1cc(=O)cnn1-c1ccc(N)cc1. The van der Waals surface area contributed by atoms with Gasteiger partial charge in [0.25, 0.3) is 0 Å². The van der Waals surface area contributed by atoms with Crippen molar-refractivity contribution >= 4 is 5.69 Å². The van der Waals surface area contributed by atoms with E-state index in [0.29, 0.717) is 5.69 Å². The topological polar surface area (TPSA) is 60.9 Å². The van der Waals surface area contributed by atoms with E-state index in [1.807, 2.05) is 19.1 Å².